The van der Waals surface area contributed by atoms with Crippen LogP contribution in [0, 0.1) is 11.3 Å². The fourth-order valence-corrected chi connectivity index (χ4v) is 2.79. The van der Waals surface area contributed by atoms with E-state index in [1.54, 1.807) is 0 Å². The van der Waals surface area contributed by atoms with Gasteiger partial charge in [0, 0.05) is 0 Å². The molecule has 17 heavy (non-hydrogen) atoms. The van der Waals surface area contributed by atoms with E-state index in [4.69, 9.17) is 9.84 Å². The van der Waals surface area contributed by atoms with E-state index in [1.165, 1.54) is 6.42 Å². The van der Waals surface area contributed by atoms with E-state index in [0.717, 1.165) is 19.3 Å². The zero-order valence-electron chi connectivity index (χ0n) is 11.5. The highest BCUT2D eigenvalue weighted by Crippen LogP contribution is 2.40. The summed E-state index contributed by atoms with van der Waals surface area (Å²) in [6.45, 7) is 8.54. The smallest absolute Gasteiger partial charge is 0.332 e. The molecule has 3 unspecified atom stereocenters. The van der Waals surface area contributed by atoms with Gasteiger partial charge in [-0.2, -0.15) is 0 Å². The normalized spacial score (nSPS) is 27.8. The highest BCUT2D eigenvalue weighted by atomic mass is 16.5. The molecule has 0 aromatic carbocycles. The van der Waals surface area contributed by atoms with Crippen LogP contribution in [0.4, 0.5) is 0 Å². The molecule has 0 aliphatic heterocycles. The van der Waals surface area contributed by atoms with Crippen LogP contribution in [0.2, 0.25) is 0 Å². The van der Waals surface area contributed by atoms with E-state index >= 15 is 0 Å². The predicted octanol–water partition coefficient (Wildman–Crippen LogP) is 3.47. The quantitative estimate of drug-likeness (QED) is 0.821. The molecule has 0 saturated heterocycles. The van der Waals surface area contributed by atoms with Crippen molar-refractivity contribution in [1.82, 2.24) is 0 Å². The van der Waals surface area contributed by atoms with Crippen molar-refractivity contribution in [2.45, 2.75) is 72.0 Å². The Kier molecular flexibility index (Phi) is 4.99. The molecule has 0 amide bonds. The van der Waals surface area contributed by atoms with Gasteiger partial charge in [-0.05, 0) is 30.6 Å². The molecule has 0 spiro atoms. The first-order chi connectivity index (χ1) is 7.86. The largest absolute Gasteiger partial charge is 0.479 e. The molecule has 3 heteroatoms. The number of ether oxygens (including phenoxy) is 1. The molecule has 3 nitrogen and oxygen atoms in total. The molecule has 0 bridgehead atoms. The molecule has 1 saturated carbocycles. The lowest BCUT2D eigenvalue weighted by atomic mass is 9.70. The molecular formula is C14H26O3. The number of carboxylic acids is 1. The third kappa shape index (κ3) is 3.98. The Balaban J connectivity index is 2.68. The van der Waals surface area contributed by atoms with Crippen LogP contribution in [-0.2, 0) is 9.53 Å². The summed E-state index contributed by atoms with van der Waals surface area (Å²) in [6, 6.07) is 0. The minimum Gasteiger partial charge on any atom is -0.479 e. The van der Waals surface area contributed by atoms with Gasteiger partial charge in [-0.3, -0.25) is 0 Å². The molecule has 0 aromatic rings. The molecule has 1 aliphatic carbocycles. The first kappa shape index (κ1) is 14.5. The molecule has 100 valence electrons. The first-order valence-corrected chi connectivity index (χ1v) is 6.74. The van der Waals surface area contributed by atoms with E-state index in [2.05, 4.69) is 20.8 Å². The highest BCUT2D eigenvalue weighted by molar-refractivity contribution is 5.72. The summed E-state index contributed by atoms with van der Waals surface area (Å²) in [5, 5.41) is 9.07. The summed E-state index contributed by atoms with van der Waals surface area (Å²) < 4.78 is 5.84. The Morgan fingerprint density at radius 2 is 1.94 bits per heavy atom. The lowest BCUT2D eigenvalue weighted by Crippen LogP contribution is -2.40. The van der Waals surface area contributed by atoms with Crippen LogP contribution in [0.5, 0.6) is 0 Å². The van der Waals surface area contributed by atoms with E-state index in [1.807, 2.05) is 6.92 Å². The summed E-state index contributed by atoms with van der Waals surface area (Å²) in [4.78, 5) is 11.0. The molecule has 1 aliphatic rings. The summed E-state index contributed by atoms with van der Waals surface area (Å²) in [6.07, 6.45) is 4.59. The van der Waals surface area contributed by atoms with Crippen LogP contribution in [0.15, 0.2) is 0 Å². The number of carbonyl (C=O) groups is 1. The van der Waals surface area contributed by atoms with Gasteiger partial charge < -0.3 is 9.84 Å². The van der Waals surface area contributed by atoms with Gasteiger partial charge in [0.1, 0.15) is 0 Å². The van der Waals surface area contributed by atoms with E-state index in [-0.39, 0.29) is 11.5 Å². The fourth-order valence-electron chi connectivity index (χ4n) is 2.79. The zero-order chi connectivity index (χ0) is 13.1. The Bertz CT molecular complexity index is 255. The number of hydrogen-bond donors (Lipinski definition) is 1. The maximum atomic E-state index is 11.0. The molecule has 0 radical (unpaired) electrons. The number of carboxylic acid groups (broad SMARTS) is 1. The lowest BCUT2D eigenvalue weighted by Gasteiger charge is -2.41. The van der Waals surface area contributed by atoms with Gasteiger partial charge in [0.15, 0.2) is 6.10 Å². The topological polar surface area (TPSA) is 46.5 Å². The fraction of sp³-hybridized carbons (Fsp3) is 0.929. The van der Waals surface area contributed by atoms with Crippen molar-refractivity contribution in [3.63, 3.8) is 0 Å². The Morgan fingerprint density at radius 1 is 1.35 bits per heavy atom. The molecular weight excluding hydrogens is 216 g/mol. The van der Waals surface area contributed by atoms with E-state index in [0.29, 0.717) is 12.3 Å². The number of rotatable bonds is 4. The molecule has 1 rings (SSSR count). The summed E-state index contributed by atoms with van der Waals surface area (Å²) in [5.74, 6) is -0.351. The van der Waals surface area contributed by atoms with Crippen molar-refractivity contribution in [2.24, 2.45) is 11.3 Å². The average Bonchev–Trinajstić information content (AvgIpc) is 2.24. The van der Waals surface area contributed by atoms with Gasteiger partial charge in [0.05, 0.1) is 6.10 Å². The Hall–Kier alpha value is -0.570. The second kappa shape index (κ2) is 5.85. The van der Waals surface area contributed by atoms with Crippen molar-refractivity contribution in [3.05, 3.63) is 0 Å². The van der Waals surface area contributed by atoms with Gasteiger partial charge in [-0.1, -0.05) is 40.5 Å². The van der Waals surface area contributed by atoms with Crippen molar-refractivity contribution in [1.29, 1.82) is 0 Å². The zero-order valence-corrected chi connectivity index (χ0v) is 11.5. The van der Waals surface area contributed by atoms with E-state index in [9.17, 15) is 4.79 Å². The second-order valence-corrected chi connectivity index (χ2v) is 6.17. The third-order valence-corrected chi connectivity index (χ3v) is 3.80. The Morgan fingerprint density at radius 3 is 2.41 bits per heavy atom. The molecule has 1 fully saturated rings. The lowest BCUT2D eigenvalue weighted by molar-refractivity contribution is -0.161. The molecule has 1 N–H and O–H groups in total. The van der Waals surface area contributed by atoms with Crippen LogP contribution in [0.25, 0.3) is 0 Å². The molecule has 0 heterocycles. The second-order valence-electron chi connectivity index (χ2n) is 6.17. The predicted molar refractivity (Wildman–Crippen MR) is 68.0 cm³/mol. The van der Waals surface area contributed by atoms with Gasteiger partial charge in [0.25, 0.3) is 0 Å². The first-order valence-electron chi connectivity index (χ1n) is 6.74. The summed E-state index contributed by atoms with van der Waals surface area (Å²) >= 11 is 0. The van der Waals surface area contributed by atoms with Gasteiger partial charge in [-0.25, -0.2) is 4.79 Å². The van der Waals surface area contributed by atoms with Crippen LogP contribution in [-0.4, -0.2) is 23.3 Å². The minimum absolute atomic E-state index is 0.116. The summed E-state index contributed by atoms with van der Waals surface area (Å²) in [7, 11) is 0. The Labute approximate surface area is 105 Å². The average molecular weight is 242 g/mol. The molecule has 3 atom stereocenters. The van der Waals surface area contributed by atoms with Gasteiger partial charge in [0.2, 0.25) is 0 Å². The van der Waals surface area contributed by atoms with Crippen LogP contribution in [0.1, 0.15) is 59.8 Å². The summed E-state index contributed by atoms with van der Waals surface area (Å²) in [5.41, 5.74) is 0.196. The van der Waals surface area contributed by atoms with Crippen molar-refractivity contribution < 1.29 is 14.6 Å². The van der Waals surface area contributed by atoms with Gasteiger partial charge in [-0.15, -0.1) is 0 Å². The number of hydrogen-bond acceptors (Lipinski definition) is 2. The maximum absolute atomic E-state index is 11.0. The monoisotopic (exact) mass is 242 g/mol. The maximum Gasteiger partial charge on any atom is 0.332 e. The number of aliphatic carboxylic acids is 1. The van der Waals surface area contributed by atoms with Crippen molar-refractivity contribution in [2.75, 3.05) is 0 Å². The highest BCUT2D eigenvalue weighted by Gasteiger charge is 2.36. The van der Waals surface area contributed by atoms with Crippen molar-refractivity contribution >= 4 is 5.97 Å². The minimum atomic E-state index is -0.828. The SMILES string of the molecule is CCC(OC1CCCCC1C(C)(C)C)C(=O)O. The van der Waals surface area contributed by atoms with Crippen LogP contribution < -0.4 is 0 Å². The third-order valence-electron chi connectivity index (χ3n) is 3.80. The van der Waals surface area contributed by atoms with E-state index < -0.39 is 12.1 Å². The standard InChI is InChI=1S/C14H26O3/c1-5-11(13(15)16)17-12-9-7-6-8-10(12)14(2,3)4/h10-12H,5-9H2,1-4H3,(H,15,16). The molecule has 0 aromatic heterocycles. The van der Waals surface area contributed by atoms with Gasteiger partial charge >= 0.3 is 5.97 Å². The van der Waals surface area contributed by atoms with Crippen LogP contribution >= 0.6 is 0 Å². The van der Waals surface area contributed by atoms with Crippen molar-refractivity contribution in [3.8, 4) is 0 Å². The van der Waals surface area contributed by atoms with Crippen LogP contribution in [0.3, 0.4) is 0 Å².